The quantitative estimate of drug-likeness (QED) is 0.765. The van der Waals surface area contributed by atoms with E-state index in [0.29, 0.717) is 18.9 Å². The van der Waals surface area contributed by atoms with Crippen LogP contribution in [0, 0.1) is 5.92 Å². The molecule has 0 aromatic heterocycles. The Morgan fingerprint density at radius 2 is 2.00 bits per heavy atom. The zero-order chi connectivity index (χ0) is 10.8. The Morgan fingerprint density at radius 3 is 2.33 bits per heavy atom. The van der Waals surface area contributed by atoms with Gasteiger partial charge in [-0.15, -0.1) is 12.4 Å². The molecule has 1 atom stereocenters. The Bertz CT molecular complexity index is 278. The van der Waals surface area contributed by atoms with E-state index < -0.39 is 10.0 Å². The molecule has 0 aromatic carbocycles. The fourth-order valence-electron chi connectivity index (χ4n) is 1.73. The van der Waals surface area contributed by atoms with Crippen molar-refractivity contribution in [1.82, 2.24) is 4.31 Å². The van der Waals surface area contributed by atoms with Crippen LogP contribution in [0.3, 0.4) is 0 Å². The molecular weight excluding hydrogens is 236 g/mol. The Balaban J connectivity index is 0.00000196. The van der Waals surface area contributed by atoms with Gasteiger partial charge in [-0.2, -0.15) is 0 Å². The second-order valence-corrected chi connectivity index (χ2v) is 6.12. The summed E-state index contributed by atoms with van der Waals surface area (Å²) < 4.78 is 24.9. The Hall–Kier alpha value is 0.160. The molecule has 1 unspecified atom stereocenters. The number of hydrogen-bond acceptors (Lipinski definition) is 3. The van der Waals surface area contributed by atoms with Crippen LogP contribution in [-0.4, -0.2) is 38.1 Å². The average molecular weight is 257 g/mol. The van der Waals surface area contributed by atoms with Crippen molar-refractivity contribution < 1.29 is 8.42 Å². The van der Waals surface area contributed by atoms with E-state index >= 15 is 0 Å². The van der Waals surface area contributed by atoms with Crippen LogP contribution < -0.4 is 5.73 Å². The molecule has 1 fully saturated rings. The second kappa shape index (κ2) is 6.03. The van der Waals surface area contributed by atoms with Gasteiger partial charge in [0.05, 0.1) is 5.75 Å². The van der Waals surface area contributed by atoms with Crippen molar-refractivity contribution in [3.05, 3.63) is 0 Å². The summed E-state index contributed by atoms with van der Waals surface area (Å²) in [5.41, 5.74) is 5.60. The first kappa shape index (κ1) is 15.2. The van der Waals surface area contributed by atoms with E-state index in [9.17, 15) is 8.42 Å². The second-order valence-electron chi connectivity index (χ2n) is 3.97. The van der Waals surface area contributed by atoms with Crippen molar-refractivity contribution in [2.45, 2.75) is 32.2 Å². The smallest absolute Gasteiger partial charge is 0.214 e. The van der Waals surface area contributed by atoms with E-state index in [0.717, 1.165) is 12.8 Å². The maximum Gasteiger partial charge on any atom is 0.214 e. The van der Waals surface area contributed by atoms with Crippen LogP contribution in [0.25, 0.3) is 0 Å². The van der Waals surface area contributed by atoms with E-state index in [4.69, 9.17) is 5.73 Å². The topological polar surface area (TPSA) is 63.4 Å². The SMILES string of the molecule is CCCS(=O)(=O)N(C)C(CN)C1CC1.Cl. The standard InChI is InChI=1S/C9H20N2O2S.ClH/c1-3-6-14(12,13)11(2)9(7-10)8-4-5-8;/h8-9H,3-7,10H2,1-2H3;1H. The minimum atomic E-state index is -3.07. The molecule has 1 rings (SSSR count). The van der Waals surface area contributed by atoms with Crippen LogP contribution in [-0.2, 0) is 10.0 Å². The first-order valence-corrected chi connectivity index (χ1v) is 6.79. The summed E-state index contributed by atoms with van der Waals surface area (Å²) in [6.07, 6.45) is 2.90. The molecule has 0 heterocycles. The average Bonchev–Trinajstić information content (AvgIpc) is 2.89. The van der Waals surface area contributed by atoms with E-state index in [1.807, 2.05) is 6.92 Å². The van der Waals surface area contributed by atoms with E-state index in [1.165, 1.54) is 4.31 Å². The summed E-state index contributed by atoms with van der Waals surface area (Å²) in [5, 5.41) is 0. The number of sulfonamides is 1. The minimum absolute atomic E-state index is 0. The van der Waals surface area contributed by atoms with Gasteiger partial charge in [-0.05, 0) is 25.2 Å². The van der Waals surface area contributed by atoms with Gasteiger partial charge in [0.25, 0.3) is 0 Å². The number of likely N-dealkylation sites (N-methyl/N-ethyl adjacent to an activating group) is 1. The van der Waals surface area contributed by atoms with E-state index in [2.05, 4.69) is 0 Å². The van der Waals surface area contributed by atoms with Crippen molar-refractivity contribution in [2.24, 2.45) is 11.7 Å². The lowest BCUT2D eigenvalue weighted by Crippen LogP contribution is -2.44. The molecule has 0 aromatic rings. The highest BCUT2D eigenvalue weighted by Crippen LogP contribution is 2.35. The molecule has 0 radical (unpaired) electrons. The molecule has 0 amide bonds. The largest absolute Gasteiger partial charge is 0.329 e. The van der Waals surface area contributed by atoms with Gasteiger partial charge in [0, 0.05) is 19.6 Å². The van der Waals surface area contributed by atoms with E-state index in [1.54, 1.807) is 7.05 Å². The Kier molecular flexibility index (Phi) is 6.10. The van der Waals surface area contributed by atoms with Gasteiger partial charge < -0.3 is 5.73 Å². The highest BCUT2D eigenvalue weighted by Gasteiger charge is 2.36. The third kappa shape index (κ3) is 3.90. The molecule has 6 heteroatoms. The van der Waals surface area contributed by atoms with Gasteiger partial charge in [-0.25, -0.2) is 12.7 Å². The van der Waals surface area contributed by atoms with Crippen molar-refractivity contribution in [3.8, 4) is 0 Å². The van der Waals surface area contributed by atoms with Gasteiger partial charge in [0.15, 0.2) is 0 Å². The zero-order valence-corrected chi connectivity index (χ0v) is 11.0. The Labute approximate surface area is 98.7 Å². The predicted molar refractivity (Wildman–Crippen MR) is 64.7 cm³/mol. The number of nitrogens with zero attached hydrogens (tertiary/aromatic N) is 1. The van der Waals surface area contributed by atoms with Gasteiger partial charge >= 0.3 is 0 Å². The molecule has 1 aliphatic carbocycles. The lowest BCUT2D eigenvalue weighted by Gasteiger charge is -2.26. The molecule has 0 saturated heterocycles. The maximum absolute atomic E-state index is 11.7. The van der Waals surface area contributed by atoms with Crippen molar-refractivity contribution in [2.75, 3.05) is 19.3 Å². The molecule has 15 heavy (non-hydrogen) atoms. The van der Waals surface area contributed by atoms with Gasteiger partial charge in [0.1, 0.15) is 0 Å². The molecule has 92 valence electrons. The molecule has 1 saturated carbocycles. The van der Waals surface area contributed by atoms with Gasteiger partial charge in [-0.3, -0.25) is 0 Å². The van der Waals surface area contributed by atoms with Crippen molar-refractivity contribution >= 4 is 22.4 Å². The summed E-state index contributed by atoms with van der Waals surface area (Å²) in [6.45, 7) is 2.31. The molecule has 1 aliphatic rings. The summed E-state index contributed by atoms with van der Waals surface area (Å²) in [6, 6.07) is 0.0200. The first-order chi connectivity index (χ1) is 6.53. The fraction of sp³-hybridized carbons (Fsp3) is 1.00. The Morgan fingerprint density at radius 1 is 1.47 bits per heavy atom. The van der Waals surface area contributed by atoms with Crippen molar-refractivity contribution in [1.29, 1.82) is 0 Å². The highest BCUT2D eigenvalue weighted by molar-refractivity contribution is 7.89. The predicted octanol–water partition coefficient (Wildman–Crippen LogP) is 0.817. The molecular formula is C9H21ClN2O2S. The zero-order valence-electron chi connectivity index (χ0n) is 9.35. The normalized spacial score (nSPS) is 18.7. The van der Waals surface area contributed by atoms with Crippen LogP contribution in [0.4, 0.5) is 0 Å². The minimum Gasteiger partial charge on any atom is -0.329 e. The fourth-order valence-corrected chi connectivity index (χ4v) is 3.20. The summed E-state index contributed by atoms with van der Waals surface area (Å²) >= 11 is 0. The van der Waals surface area contributed by atoms with Gasteiger partial charge in [-0.1, -0.05) is 6.92 Å². The third-order valence-corrected chi connectivity index (χ3v) is 4.85. The summed E-state index contributed by atoms with van der Waals surface area (Å²) in [5.74, 6) is 0.726. The number of rotatable bonds is 6. The lowest BCUT2D eigenvalue weighted by atomic mass is 10.2. The number of hydrogen-bond donors (Lipinski definition) is 1. The van der Waals surface area contributed by atoms with Crippen LogP contribution in [0.5, 0.6) is 0 Å². The first-order valence-electron chi connectivity index (χ1n) is 5.18. The molecule has 2 N–H and O–H groups in total. The third-order valence-electron chi connectivity index (χ3n) is 2.78. The van der Waals surface area contributed by atoms with Crippen LogP contribution in [0.2, 0.25) is 0 Å². The molecule has 4 nitrogen and oxygen atoms in total. The van der Waals surface area contributed by atoms with E-state index in [-0.39, 0.29) is 24.2 Å². The maximum atomic E-state index is 11.7. The molecule has 0 bridgehead atoms. The van der Waals surface area contributed by atoms with Crippen LogP contribution >= 0.6 is 12.4 Å². The molecule has 0 aliphatic heterocycles. The van der Waals surface area contributed by atoms with Crippen molar-refractivity contribution in [3.63, 3.8) is 0 Å². The summed E-state index contributed by atoms with van der Waals surface area (Å²) in [7, 11) is -1.42. The number of halogens is 1. The highest BCUT2D eigenvalue weighted by atomic mass is 35.5. The molecule has 0 spiro atoms. The summed E-state index contributed by atoms with van der Waals surface area (Å²) in [4.78, 5) is 0. The number of nitrogens with two attached hydrogens (primary N) is 1. The van der Waals surface area contributed by atoms with Crippen LogP contribution in [0.1, 0.15) is 26.2 Å². The monoisotopic (exact) mass is 256 g/mol. The van der Waals surface area contributed by atoms with Crippen LogP contribution in [0.15, 0.2) is 0 Å². The lowest BCUT2D eigenvalue weighted by molar-refractivity contribution is 0.340. The van der Waals surface area contributed by atoms with Gasteiger partial charge in [0.2, 0.25) is 10.0 Å².